The van der Waals surface area contributed by atoms with Crippen LogP contribution in [-0.2, 0) is 9.59 Å². The van der Waals surface area contributed by atoms with Crippen LogP contribution in [0.1, 0.15) is 20.3 Å². The fourth-order valence-corrected chi connectivity index (χ4v) is 2.86. The van der Waals surface area contributed by atoms with Crippen molar-refractivity contribution in [3.05, 3.63) is 29.6 Å². The molecule has 21 heavy (non-hydrogen) atoms. The average Bonchev–Trinajstić information content (AvgIpc) is 2.34. The molecule has 3 unspecified atom stereocenters. The Bertz CT molecular complexity index is 605. The number of piperidine rings is 1. The molecule has 0 aliphatic carbocycles. The van der Waals surface area contributed by atoms with E-state index in [1.54, 1.807) is 6.92 Å². The Kier molecular flexibility index (Phi) is 3.93. The number of amides is 1. The zero-order chi connectivity index (χ0) is 15.9. The van der Waals surface area contributed by atoms with Crippen molar-refractivity contribution < 1.29 is 27.9 Å². The van der Waals surface area contributed by atoms with Crippen LogP contribution in [0.2, 0.25) is 0 Å². The summed E-state index contributed by atoms with van der Waals surface area (Å²) in [6.45, 7) is 3.07. The predicted octanol–water partition coefficient (Wildman–Crippen LogP) is 2.57. The molecule has 1 fully saturated rings. The molecule has 3 atom stereocenters. The normalized spacial score (nSPS) is 26.0. The molecule has 1 amide bonds. The smallest absolute Gasteiger partial charge is 0.308 e. The first kappa shape index (κ1) is 15.3. The van der Waals surface area contributed by atoms with Crippen LogP contribution in [0.3, 0.4) is 0 Å². The highest BCUT2D eigenvalue weighted by Crippen LogP contribution is 2.35. The Morgan fingerprint density at radius 1 is 1.19 bits per heavy atom. The zero-order valence-electron chi connectivity index (χ0n) is 11.4. The Morgan fingerprint density at radius 3 is 2.33 bits per heavy atom. The predicted molar refractivity (Wildman–Crippen MR) is 68.2 cm³/mol. The van der Waals surface area contributed by atoms with Crippen LogP contribution in [0.15, 0.2) is 12.1 Å². The van der Waals surface area contributed by atoms with Crippen molar-refractivity contribution in [2.24, 2.45) is 11.8 Å². The molecule has 1 aliphatic rings. The summed E-state index contributed by atoms with van der Waals surface area (Å²) < 4.78 is 40.1. The second kappa shape index (κ2) is 5.38. The maximum absolute atomic E-state index is 13.8. The van der Waals surface area contributed by atoms with E-state index in [9.17, 15) is 27.9 Å². The SMILES string of the molecule is CC1CC(=O)N(c2cc(F)c(F)cc2F)C(C)C1C(=O)O. The molecule has 0 aromatic heterocycles. The van der Waals surface area contributed by atoms with Gasteiger partial charge in [0.15, 0.2) is 11.6 Å². The van der Waals surface area contributed by atoms with Gasteiger partial charge in [-0.1, -0.05) is 6.92 Å². The van der Waals surface area contributed by atoms with Crippen molar-refractivity contribution in [1.29, 1.82) is 0 Å². The molecular weight excluding hydrogens is 287 g/mol. The van der Waals surface area contributed by atoms with Gasteiger partial charge in [0.05, 0.1) is 11.6 Å². The molecule has 7 heteroatoms. The molecule has 0 radical (unpaired) electrons. The van der Waals surface area contributed by atoms with Gasteiger partial charge in [-0.05, 0) is 12.8 Å². The number of carbonyl (C=O) groups excluding carboxylic acids is 1. The molecule has 1 aromatic rings. The molecule has 1 saturated heterocycles. The van der Waals surface area contributed by atoms with E-state index in [1.807, 2.05) is 0 Å². The molecule has 1 N–H and O–H groups in total. The average molecular weight is 301 g/mol. The first-order valence-electron chi connectivity index (χ1n) is 6.43. The van der Waals surface area contributed by atoms with E-state index in [-0.39, 0.29) is 6.42 Å². The molecule has 0 spiro atoms. The van der Waals surface area contributed by atoms with Gasteiger partial charge in [0.1, 0.15) is 5.82 Å². The number of hydrogen-bond donors (Lipinski definition) is 1. The highest BCUT2D eigenvalue weighted by Gasteiger charge is 2.43. The summed E-state index contributed by atoms with van der Waals surface area (Å²) in [6, 6.07) is 0.0602. The van der Waals surface area contributed by atoms with Gasteiger partial charge in [-0.15, -0.1) is 0 Å². The summed E-state index contributed by atoms with van der Waals surface area (Å²) >= 11 is 0. The fraction of sp³-hybridized carbons (Fsp3) is 0.429. The van der Waals surface area contributed by atoms with Gasteiger partial charge in [-0.25, -0.2) is 13.2 Å². The lowest BCUT2D eigenvalue weighted by atomic mass is 9.80. The number of carbonyl (C=O) groups is 2. The van der Waals surface area contributed by atoms with Crippen molar-refractivity contribution >= 4 is 17.6 Å². The van der Waals surface area contributed by atoms with Gasteiger partial charge in [0, 0.05) is 24.6 Å². The molecule has 0 saturated carbocycles. The summed E-state index contributed by atoms with van der Waals surface area (Å²) in [7, 11) is 0. The second-order valence-electron chi connectivity index (χ2n) is 5.27. The maximum atomic E-state index is 13.8. The largest absolute Gasteiger partial charge is 0.481 e. The van der Waals surface area contributed by atoms with Gasteiger partial charge in [-0.2, -0.15) is 0 Å². The topological polar surface area (TPSA) is 57.6 Å². The number of nitrogens with zero attached hydrogens (tertiary/aromatic N) is 1. The molecular formula is C14H14F3NO3. The van der Waals surface area contributed by atoms with Crippen molar-refractivity contribution in [2.75, 3.05) is 4.90 Å². The quantitative estimate of drug-likeness (QED) is 0.854. The maximum Gasteiger partial charge on any atom is 0.308 e. The van der Waals surface area contributed by atoms with Crippen LogP contribution in [0.5, 0.6) is 0 Å². The molecule has 1 aromatic carbocycles. The van der Waals surface area contributed by atoms with Crippen LogP contribution in [0.25, 0.3) is 0 Å². The number of aliphatic carboxylic acids is 1. The summed E-state index contributed by atoms with van der Waals surface area (Å²) in [5.41, 5.74) is -0.440. The molecule has 1 heterocycles. The lowest BCUT2D eigenvalue weighted by molar-refractivity contribution is -0.146. The molecule has 2 rings (SSSR count). The van der Waals surface area contributed by atoms with Gasteiger partial charge in [0.25, 0.3) is 0 Å². The lowest BCUT2D eigenvalue weighted by Gasteiger charge is -2.40. The Labute approximate surface area is 119 Å². The number of benzene rings is 1. The molecule has 0 bridgehead atoms. The summed E-state index contributed by atoms with van der Waals surface area (Å²) in [6.07, 6.45) is -0.0975. The Morgan fingerprint density at radius 2 is 1.76 bits per heavy atom. The van der Waals surface area contributed by atoms with Crippen LogP contribution in [0.4, 0.5) is 18.9 Å². The fourth-order valence-electron chi connectivity index (χ4n) is 2.86. The van der Waals surface area contributed by atoms with Gasteiger partial charge >= 0.3 is 5.97 Å². The van der Waals surface area contributed by atoms with Crippen molar-refractivity contribution in [2.45, 2.75) is 26.3 Å². The number of hydrogen-bond acceptors (Lipinski definition) is 2. The van der Waals surface area contributed by atoms with E-state index in [0.717, 1.165) is 4.90 Å². The van der Waals surface area contributed by atoms with Gasteiger partial charge in [-0.3, -0.25) is 9.59 Å². The van der Waals surface area contributed by atoms with Crippen LogP contribution in [-0.4, -0.2) is 23.0 Å². The number of anilines is 1. The van der Waals surface area contributed by atoms with E-state index in [0.29, 0.717) is 12.1 Å². The summed E-state index contributed by atoms with van der Waals surface area (Å²) in [4.78, 5) is 24.3. The molecule has 114 valence electrons. The zero-order valence-corrected chi connectivity index (χ0v) is 11.4. The molecule has 1 aliphatic heterocycles. The molecule has 4 nitrogen and oxygen atoms in total. The third kappa shape index (κ3) is 2.59. The number of carboxylic acids is 1. The van der Waals surface area contributed by atoms with E-state index < -0.39 is 52.9 Å². The number of rotatable bonds is 2. The van der Waals surface area contributed by atoms with Crippen molar-refractivity contribution in [3.8, 4) is 0 Å². The van der Waals surface area contributed by atoms with Crippen molar-refractivity contribution in [3.63, 3.8) is 0 Å². The third-order valence-corrected chi connectivity index (χ3v) is 3.84. The minimum absolute atomic E-state index is 0.0975. The van der Waals surface area contributed by atoms with Gasteiger partial charge < -0.3 is 10.0 Å². The number of halogens is 3. The van der Waals surface area contributed by atoms with Crippen LogP contribution >= 0.6 is 0 Å². The lowest BCUT2D eigenvalue weighted by Crippen LogP contribution is -2.53. The highest BCUT2D eigenvalue weighted by atomic mass is 19.2. The minimum atomic E-state index is -1.36. The van der Waals surface area contributed by atoms with Crippen molar-refractivity contribution in [1.82, 2.24) is 0 Å². The first-order valence-corrected chi connectivity index (χ1v) is 6.43. The van der Waals surface area contributed by atoms with E-state index in [4.69, 9.17) is 0 Å². The number of carboxylic acid groups (broad SMARTS) is 1. The van der Waals surface area contributed by atoms with Crippen LogP contribution in [0, 0.1) is 29.3 Å². The minimum Gasteiger partial charge on any atom is -0.481 e. The Balaban J connectivity index is 2.49. The van der Waals surface area contributed by atoms with E-state index >= 15 is 0 Å². The van der Waals surface area contributed by atoms with E-state index in [2.05, 4.69) is 0 Å². The van der Waals surface area contributed by atoms with E-state index in [1.165, 1.54) is 6.92 Å². The standard InChI is InChI=1S/C14H14F3NO3/c1-6-3-12(19)18(7(2)13(6)14(20)21)11-5-9(16)8(15)4-10(11)17/h4-7,13H,3H2,1-2H3,(H,20,21). The van der Waals surface area contributed by atoms with Gasteiger partial charge in [0.2, 0.25) is 5.91 Å². The summed E-state index contributed by atoms with van der Waals surface area (Å²) in [5.74, 6) is -6.72. The highest BCUT2D eigenvalue weighted by molar-refractivity contribution is 5.96. The van der Waals surface area contributed by atoms with Crippen LogP contribution < -0.4 is 4.90 Å². The third-order valence-electron chi connectivity index (χ3n) is 3.84. The monoisotopic (exact) mass is 301 g/mol. The second-order valence-corrected chi connectivity index (χ2v) is 5.27. The Hall–Kier alpha value is -2.05. The summed E-state index contributed by atoms with van der Waals surface area (Å²) in [5, 5.41) is 9.23. The first-order chi connectivity index (χ1) is 9.73.